The number of fused-ring (bicyclic) bond motifs is 1. The number of benzene rings is 1. The Morgan fingerprint density at radius 2 is 2.12 bits per heavy atom. The van der Waals surface area contributed by atoms with Gasteiger partial charge < -0.3 is 4.74 Å². The van der Waals surface area contributed by atoms with E-state index in [9.17, 15) is 14.9 Å². The zero-order valence-corrected chi connectivity index (χ0v) is 8.91. The maximum atomic E-state index is 10.9. The second-order valence-electron chi connectivity index (χ2n) is 3.36. The number of ether oxygens (including phenoxy) is 1. The van der Waals surface area contributed by atoms with Gasteiger partial charge >= 0.3 is 5.97 Å². The van der Waals surface area contributed by atoms with E-state index < -0.39 is 10.9 Å². The molecule has 1 aromatic carbocycles. The summed E-state index contributed by atoms with van der Waals surface area (Å²) in [5, 5.41) is 11.6. The first-order valence-electron chi connectivity index (χ1n) is 4.79. The van der Waals surface area contributed by atoms with Crippen LogP contribution in [0.25, 0.3) is 10.8 Å². The van der Waals surface area contributed by atoms with Crippen LogP contribution in [0.4, 0.5) is 5.69 Å². The van der Waals surface area contributed by atoms with Crippen LogP contribution in [0.15, 0.2) is 30.6 Å². The average Bonchev–Trinajstić information content (AvgIpc) is 2.28. The average molecular weight is 232 g/mol. The lowest BCUT2D eigenvalue weighted by molar-refractivity contribution is -0.383. The quantitative estimate of drug-likeness (QED) is 0.342. The van der Waals surface area contributed by atoms with E-state index in [2.05, 4.69) is 4.98 Å². The summed E-state index contributed by atoms with van der Waals surface area (Å²) in [6.45, 7) is 1.27. The Balaban J connectivity index is 2.69. The van der Waals surface area contributed by atoms with Gasteiger partial charge in [-0.05, 0) is 12.1 Å². The van der Waals surface area contributed by atoms with E-state index in [1.54, 1.807) is 18.2 Å². The second kappa shape index (κ2) is 4.17. The zero-order valence-electron chi connectivity index (χ0n) is 8.91. The number of rotatable bonds is 2. The predicted molar refractivity (Wildman–Crippen MR) is 59.7 cm³/mol. The molecule has 0 radical (unpaired) electrons. The van der Waals surface area contributed by atoms with Crippen LogP contribution in [0.5, 0.6) is 5.75 Å². The van der Waals surface area contributed by atoms with E-state index in [-0.39, 0.29) is 11.4 Å². The molecule has 86 valence electrons. The molecule has 0 aliphatic heterocycles. The Morgan fingerprint density at radius 1 is 1.35 bits per heavy atom. The van der Waals surface area contributed by atoms with Gasteiger partial charge in [0.05, 0.1) is 10.3 Å². The molecular weight excluding hydrogens is 224 g/mol. The normalized spacial score (nSPS) is 10.2. The fraction of sp³-hybridized carbons (Fsp3) is 0.0909. The number of pyridine rings is 1. The molecule has 0 spiro atoms. The number of esters is 1. The molecule has 0 bridgehead atoms. The summed E-state index contributed by atoms with van der Waals surface area (Å²) in [5.41, 5.74) is -0.114. The van der Waals surface area contributed by atoms with Crippen molar-refractivity contribution in [1.29, 1.82) is 0 Å². The number of hydrogen-bond acceptors (Lipinski definition) is 5. The number of nitrogens with zero attached hydrogens (tertiary/aromatic N) is 2. The topological polar surface area (TPSA) is 82.3 Å². The molecule has 2 rings (SSSR count). The van der Waals surface area contributed by atoms with Crippen LogP contribution in [0.3, 0.4) is 0 Å². The van der Waals surface area contributed by atoms with Gasteiger partial charge in [0.2, 0.25) is 0 Å². The lowest BCUT2D eigenvalue weighted by atomic mass is 10.1. The van der Waals surface area contributed by atoms with E-state index in [1.165, 1.54) is 19.3 Å². The van der Waals surface area contributed by atoms with Gasteiger partial charge in [-0.1, -0.05) is 6.07 Å². The fourth-order valence-corrected chi connectivity index (χ4v) is 1.54. The van der Waals surface area contributed by atoms with Crippen molar-refractivity contribution in [3.63, 3.8) is 0 Å². The van der Waals surface area contributed by atoms with E-state index in [0.29, 0.717) is 10.8 Å². The van der Waals surface area contributed by atoms with Crippen LogP contribution >= 0.6 is 0 Å². The molecule has 0 saturated carbocycles. The number of hydrogen-bond donors (Lipinski definition) is 0. The Kier molecular flexibility index (Phi) is 2.70. The summed E-state index contributed by atoms with van der Waals surface area (Å²) < 4.78 is 4.96. The Hall–Kier alpha value is -2.50. The fourth-order valence-electron chi connectivity index (χ4n) is 1.54. The highest BCUT2D eigenvalue weighted by atomic mass is 16.6. The minimum absolute atomic E-state index is 0.114. The van der Waals surface area contributed by atoms with Gasteiger partial charge in [-0.25, -0.2) is 0 Å². The standard InChI is InChI=1S/C11H8N2O4/c1-7(14)17-11-4-2-3-8-9(11)5-12-6-10(8)13(15)16/h2-6H,1H3. The Labute approximate surface area is 96.0 Å². The first-order valence-corrected chi connectivity index (χ1v) is 4.79. The van der Waals surface area contributed by atoms with E-state index >= 15 is 0 Å². The molecule has 0 saturated heterocycles. The van der Waals surface area contributed by atoms with Crippen LogP contribution in [-0.4, -0.2) is 15.9 Å². The van der Waals surface area contributed by atoms with Crippen molar-refractivity contribution in [2.75, 3.05) is 0 Å². The van der Waals surface area contributed by atoms with Gasteiger partial charge in [0.15, 0.2) is 0 Å². The largest absolute Gasteiger partial charge is 0.426 e. The SMILES string of the molecule is CC(=O)Oc1cccc2c([N+](=O)[O-])cncc12. The molecular formula is C11H8N2O4. The van der Waals surface area contributed by atoms with Gasteiger partial charge in [-0.2, -0.15) is 0 Å². The smallest absolute Gasteiger partial charge is 0.308 e. The molecule has 0 unspecified atom stereocenters. The van der Waals surface area contributed by atoms with Crippen molar-refractivity contribution in [3.05, 3.63) is 40.7 Å². The third kappa shape index (κ3) is 2.05. The molecule has 6 nitrogen and oxygen atoms in total. The van der Waals surface area contributed by atoms with Gasteiger partial charge in [0, 0.05) is 18.5 Å². The highest BCUT2D eigenvalue weighted by molar-refractivity contribution is 5.95. The Bertz CT molecular complexity index is 609. The van der Waals surface area contributed by atoms with Crippen molar-refractivity contribution in [1.82, 2.24) is 4.98 Å². The van der Waals surface area contributed by atoms with Crippen molar-refractivity contribution in [2.24, 2.45) is 0 Å². The molecule has 2 aromatic rings. The number of aromatic nitrogens is 1. The van der Waals surface area contributed by atoms with Crippen molar-refractivity contribution < 1.29 is 14.5 Å². The maximum Gasteiger partial charge on any atom is 0.308 e. The second-order valence-corrected chi connectivity index (χ2v) is 3.36. The molecule has 0 fully saturated rings. The van der Waals surface area contributed by atoms with Crippen LogP contribution in [-0.2, 0) is 4.79 Å². The first kappa shape index (κ1) is 11.0. The maximum absolute atomic E-state index is 10.9. The molecule has 1 aromatic heterocycles. The molecule has 6 heteroatoms. The molecule has 1 heterocycles. The first-order chi connectivity index (χ1) is 8.09. The molecule has 0 aliphatic rings. The highest BCUT2D eigenvalue weighted by Crippen LogP contribution is 2.30. The number of nitro groups is 1. The summed E-state index contributed by atoms with van der Waals surface area (Å²) in [4.78, 5) is 25.0. The lowest BCUT2D eigenvalue weighted by Gasteiger charge is -2.05. The van der Waals surface area contributed by atoms with Gasteiger partial charge in [0.25, 0.3) is 5.69 Å². The summed E-state index contributed by atoms with van der Waals surface area (Å²) in [5.74, 6) is -0.213. The summed E-state index contributed by atoms with van der Waals surface area (Å²) in [6.07, 6.45) is 2.60. The summed E-state index contributed by atoms with van der Waals surface area (Å²) >= 11 is 0. The molecule has 0 amide bonds. The predicted octanol–water partition coefficient (Wildman–Crippen LogP) is 2.07. The number of carbonyl (C=O) groups is 1. The third-order valence-corrected chi connectivity index (χ3v) is 2.19. The van der Waals surface area contributed by atoms with Crippen LogP contribution < -0.4 is 4.74 Å². The third-order valence-electron chi connectivity index (χ3n) is 2.19. The zero-order chi connectivity index (χ0) is 12.4. The van der Waals surface area contributed by atoms with Crippen LogP contribution in [0, 0.1) is 10.1 Å². The monoisotopic (exact) mass is 232 g/mol. The van der Waals surface area contributed by atoms with Crippen LogP contribution in [0.1, 0.15) is 6.92 Å². The van der Waals surface area contributed by atoms with Gasteiger partial charge in [-0.15, -0.1) is 0 Å². The van der Waals surface area contributed by atoms with E-state index in [4.69, 9.17) is 4.74 Å². The number of carbonyl (C=O) groups excluding carboxylic acids is 1. The van der Waals surface area contributed by atoms with Crippen molar-refractivity contribution in [2.45, 2.75) is 6.92 Å². The minimum Gasteiger partial charge on any atom is -0.426 e. The molecule has 0 N–H and O–H groups in total. The molecule has 0 atom stereocenters. The van der Waals surface area contributed by atoms with Crippen molar-refractivity contribution >= 4 is 22.4 Å². The lowest BCUT2D eigenvalue weighted by Crippen LogP contribution is -2.02. The van der Waals surface area contributed by atoms with E-state index in [0.717, 1.165) is 0 Å². The van der Waals surface area contributed by atoms with Gasteiger partial charge in [0.1, 0.15) is 11.9 Å². The summed E-state index contributed by atoms with van der Waals surface area (Å²) in [6, 6.07) is 4.74. The van der Waals surface area contributed by atoms with Gasteiger partial charge in [-0.3, -0.25) is 19.9 Å². The van der Waals surface area contributed by atoms with Crippen molar-refractivity contribution in [3.8, 4) is 5.75 Å². The highest BCUT2D eigenvalue weighted by Gasteiger charge is 2.14. The van der Waals surface area contributed by atoms with E-state index in [1.807, 2.05) is 0 Å². The summed E-state index contributed by atoms with van der Waals surface area (Å²) in [7, 11) is 0. The van der Waals surface area contributed by atoms with Crippen LogP contribution in [0.2, 0.25) is 0 Å². The molecule has 0 aliphatic carbocycles. The molecule has 17 heavy (non-hydrogen) atoms. The minimum atomic E-state index is -0.521. The Morgan fingerprint density at radius 3 is 2.76 bits per heavy atom.